The normalized spacial score (nSPS) is 44.2. The third kappa shape index (κ3) is 0.736. The van der Waals surface area contributed by atoms with Gasteiger partial charge in [0, 0.05) is 6.61 Å². The van der Waals surface area contributed by atoms with Crippen molar-refractivity contribution in [1.29, 1.82) is 0 Å². The zero-order chi connectivity index (χ0) is 7.14. The minimum Gasteiger partial charge on any atom is -0.481 e. The van der Waals surface area contributed by atoms with Gasteiger partial charge in [-0.3, -0.25) is 4.79 Å². The molecule has 2 aliphatic rings. The van der Waals surface area contributed by atoms with Gasteiger partial charge in [0.25, 0.3) is 0 Å². The Hall–Kier alpha value is -0.570. The molecule has 1 aliphatic carbocycles. The van der Waals surface area contributed by atoms with Crippen molar-refractivity contribution in [2.45, 2.75) is 6.42 Å². The van der Waals surface area contributed by atoms with Crippen molar-refractivity contribution in [2.75, 3.05) is 13.2 Å². The molecule has 3 nitrogen and oxygen atoms in total. The molecule has 0 radical (unpaired) electrons. The molecule has 10 heavy (non-hydrogen) atoms. The molecule has 2 rings (SSSR count). The van der Waals surface area contributed by atoms with Gasteiger partial charge in [-0.1, -0.05) is 0 Å². The van der Waals surface area contributed by atoms with Crippen LogP contribution < -0.4 is 0 Å². The summed E-state index contributed by atoms with van der Waals surface area (Å²) in [5.74, 6) is 0.0560. The smallest absolute Gasteiger partial charge is 0.307 e. The van der Waals surface area contributed by atoms with E-state index in [4.69, 9.17) is 9.84 Å². The average molecular weight is 142 g/mol. The van der Waals surface area contributed by atoms with E-state index >= 15 is 0 Å². The topological polar surface area (TPSA) is 46.5 Å². The van der Waals surface area contributed by atoms with Crippen molar-refractivity contribution in [2.24, 2.45) is 17.8 Å². The molecule has 0 aromatic heterocycles. The molecule has 0 spiro atoms. The summed E-state index contributed by atoms with van der Waals surface area (Å²) in [6, 6.07) is 0. The summed E-state index contributed by atoms with van der Waals surface area (Å²) in [7, 11) is 0. The van der Waals surface area contributed by atoms with E-state index in [1.54, 1.807) is 0 Å². The highest BCUT2D eigenvalue weighted by Crippen LogP contribution is 2.50. The zero-order valence-electron chi connectivity index (χ0n) is 5.62. The first-order valence-electron chi connectivity index (χ1n) is 3.61. The van der Waals surface area contributed by atoms with Gasteiger partial charge in [-0.25, -0.2) is 0 Å². The van der Waals surface area contributed by atoms with Crippen LogP contribution in [-0.4, -0.2) is 24.3 Å². The molecule has 1 aliphatic heterocycles. The molecule has 0 aromatic carbocycles. The SMILES string of the molecule is O=C(O)[C@@H]1[C@@H]2CCOC[C@H]21. The predicted molar refractivity (Wildman–Crippen MR) is 33.5 cm³/mol. The number of fused-ring (bicyclic) bond motifs is 1. The fraction of sp³-hybridized carbons (Fsp3) is 0.857. The quantitative estimate of drug-likeness (QED) is 0.574. The van der Waals surface area contributed by atoms with E-state index in [1.165, 1.54) is 0 Å². The van der Waals surface area contributed by atoms with E-state index in [1.807, 2.05) is 0 Å². The highest BCUT2D eigenvalue weighted by molar-refractivity contribution is 5.74. The van der Waals surface area contributed by atoms with Crippen molar-refractivity contribution < 1.29 is 14.6 Å². The number of hydrogen-bond donors (Lipinski definition) is 1. The maximum Gasteiger partial charge on any atom is 0.307 e. The summed E-state index contributed by atoms with van der Waals surface area (Å²) >= 11 is 0. The van der Waals surface area contributed by atoms with Gasteiger partial charge in [0.2, 0.25) is 0 Å². The molecule has 1 N–H and O–H groups in total. The molecule has 2 fully saturated rings. The summed E-state index contributed by atoms with van der Waals surface area (Å²) < 4.78 is 5.14. The Kier molecular flexibility index (Phi) is 1.20. The molecule has 1 heterocycles. The molecule has 3 heteroatoms. The van der Waals surface area contributed by atoms with Gasteiger partial charge in [0.15, 0.2) is 0 Å². The molecule has 1 saturated carbocycles. The summed E-state index contributed by atoms with van der Waals surface area (Å²) in [6.45, 7) is 1.42. The molecule has 0 aromatic rings. The van der Waals surface area contributed by atoms with E-state index in [0.717, 1.165) is 13.0 Å². The zero-order valence-corrected chi connectivity index (χ0v) is 5.62. The van der Waals surface area contributed by atoms with Crippen molar-refractivity contribution in [3.05, 3.63) is 0 Å². The first-order valence-corrected chi connectivity index (χ1v) is 3.61. The standard InChI is InChI=1S/C7H10O3/c8-7(9)6-4-1-2-10-3-5(4)6/h4-6H,1-3H2,(H,8,9)/t4-,5-,6-/m1/s1. The Morgan fingerprint density at radius 1 is 1.50 bits per heavy atom. The van der Waals surface area contributed by atoms with Crippen LogP contribution in [0.2, 0.25) is 0 Å². The number of carbonyl (C=O) groups is 1. The van der Waals surface area contributed by atoms with Gasteiger partial charge < -0.3 is 9.84 Å². The van der Waals surface area contributed by atoms with Crippen LogP contribution in [0.15, 0.2) is 0 Å². The van der Waals surface area contributed by atoms with E-state index in [9.17, 15) is 4.79 Å². The fourth-order valence-corrected chi connectivity index (χ4v) is 1.87. The molecule has 0 amide bonds. The first-order chi connectivity index (χ1) is 4.80. The summed E-state index contributed by atoms with van der Waals surface area (Å²) in [5.41, 5.74) is 0. The van der Waals surface area contributed by atoms with Crippen molar-refractivity contribution >= 4 is 5.97 Å². The van der Waals surface area contributed by atoms with Gasteiger partial charge >= 0.3 is 5.97 Å². The van der Waals surface area contributed by atoms with Crippen LogP contribution in [0.4, 0.5) is 0 Å². The fourth-order valence-electron chi connectivity index (χ4n) is 1.87. The summed E-state index contributed by atoms with van der Waals surface area (Å²) in [6.07, 6.45) is 0.946. The lowest BCUT2D eigenvalue weighted by Gasteiger charge is -2.07. The summed E-state index contributed by atoms with van der Waals surface area (Å²) in [5, 5.41) is 8.63. The predicted octanol–water partition coefficient (Wildman–Crippen LogP) is 0.354. The van der Waals surface area contributed by atoms with E-state index < -0.39 is 5.97 Å². The third-order valence-corrected chi connectivity index (χ3v) is 2.52. The second-order valence-corrected chi connectivity index (χ2v) is 3.06. The number of aliphatic carboxylic acids is 1. The van der Waals surface area contributed by atoms with Crippen LogP contribution in [0, 0.1) is 17.8 Å². The van der Waals surface area contributed by atoms with Crippen molar-refractivity contribution in [1.82, 2.24) is 0 Å². The Morgan fingerprint density at radius 3 is 2.80 bits per heavy atom. The number of rotatable bonds is 1. The van der Waals surface area contributed by atoms with Crippen LogP contribution in [0.25, 0.3) is 0 Å². The Morgan fingerprint density at radius 2 is 2.30 bits per heavy atom. The molecule has 0 unspecified atom stereocenters. The van der Waals surface area contributed by atoms with Gasteiger partial charge in [-0.05, 0) is 18.3 Å². The van der Waals surface area contributed by atoms with Crippen LogP contribution in [-0.2, 0) is 9.53 Å². The number of ether oxygens (including phenoxy) is 1. The number of carboxylic acid groups (broad SMARTS) is 1. The third-order valence-electron chi connectivity index (χ3n) is 2.52. The second kappa shape index (κ2) is 1.95. The van der Waals surface area contributed by atoms with Gasteiger partial charge in [0.1, 0.15) is 0 Å². The second-order valence-electron chi connectivity index (χ2n) is 3.06. The monoisotopic (exact) mass is 142 g/mol. The minimum absolute atomic E-state index is 0.0810. The lowest BCUT2D eigenvalue weighted by Crippen LogP contribution is -2.07. The maximum atomic E-state index is 10.5. The van der Waals surface area contributed by atoms with Crippen LogP contribution in [0.1, 0.15) is 6.42 Å². The highest BCUT2D eigenvalue weighted by Gasteiger charge is 2.55. The van der Waals surface area contributed by atoms with Crippen LogP contribution in [0.5, 0.6) is 0 Å². The van der Waals surface area contributed by atoms with E-state index in [0.29, 0.717) is 18.4 Å². The Labute approximate surface area is 59.0 Å². The molecular formula is C7H10O3. The van der Waals surface area contributed by atoms with Gasteiger partial charge in [-0.2, -0.15) is 0 Å². The molecule has 0 bridgehead atoms. The average Bonchev–Trinajstić information content (AvgIpc) is 2.60. The van der Waals surface area contributed by atoms with E-state index in [-0.39, 0.29) is 5.92 Å². The largest absolute Gasteiger partial charge is 0.481 e. The van der Waals surface area contributed by atoms with Crippen molar-refractivity contribution in [3.63, 3.8) is 0 Å². The van der Waals surface area contributed by atoms with Crippen molar-refractivity contribution in [3.8, 4) is 0 Å². The maximum absolute atomic E-state index is 10.5. The lowest BCUT2D eigenvalue weighted by molar-refractivity contribution is -0.139. The van der Waals surface area contributed by atoms with Gasteiger partial charge in [-0.15, -0.1) is 0 Å². The van der Waals surface area contributed by atoms with E-state index in [2.05, 4.69) is 0 Å². The Balaban J connectivity index is 1.99. The lowest BCUT2D eigenvalue weighted by atomic mass is 10.2. The number of carboxylic acids is 1. The molecule has 56 valence electrons. The van der Waals surface area contributed by atoms with Crippen LogP contribution >= 0.6 is 0 Å². The van der Waals surface area contributed by atoms with Crippen LogP contribution in [0.3, 0.4) is 0 Å². The molecule has 1 saturated heterocycles. The summed E-state index contributed by atoms with van der Waals surface area (Å²) in [4.78, 5) is 10.5. The minimum atomic E-state index is -0.638. The Bertz CT molecular complexity index is 154. The highest BCUT2D eigenvalue weighted by atomic mass is 16.5. The molecular weight excluding hydrogens is 132 g/mol. The first kappa shape index (κ1) is 6.16. The molecule has 3 atom stereocenters. The number of hydrogen-bond acceptors (Lipinski definition) is 2. The van der Waals surface area contributed by atoms with Gasteiger partial charge in [0.05, 0.1) is 12.5 Å².